The Hall–Kier alpha value is -3.01. The molecule has 2 fully saturated rings. The number of nitrogens with zero attached hydrogens (tertiary/aromatic N) is 6. The SMILES string of the molecule is CCn1ncc2c(NC3CCCCC3)c(C3=CC4(CC(c5nn[nH]n5)C4)ON3)c(C)nc21. The van der Waals surface area contributed by atoms with Gasteiger partial charge in [0, 0.05) is 24.1 Å². The maximum absolute atomic E-state index is 6.11. The molecule has 1 spiro atoms. The number of H-pyrrole nitrogens is 1. The van der Waals surface area contributed by atoms with Crippen LogP contribution in [0.15, 0.2) is 12.3 Å². The van der Waals surface area contributed by atoms with Gasteiger partial charge in [-0.05, 0) is 45.6 Å². The monoisotopic (exact) mass is 435 g/mol. The minimum absolute atomic E-state index is 0.260. The molecule has 0 aromatic carbocycles. The number of aromatic amines is 1. The van der Waals surface area contributed by atoms with Crippen LogP contribution >= 0.6 is 0 Å². The van der Waals surface area contributed by atoms with Crippen LogP contribution < -0.4 is 10.8 Å². The molecule has 0 bridgehead atoms. The molecule has 32 heavy (non-hydrogen) atoms. The van der Waals surface area contributed by atoms with E-state index in [2.05, 4.69) is 56.4 Å². The van der Waals surface area contributed by atoms with Gasteiger partial charge in [0.2, 0.25) is 0 Å². The number of anilines is 1. The van der Waals surface area contributed by atoms with Gasteiger partial charge in [-0.15, -0.1) is 10.2 Å². The first-order chi connectivity index (χ1) is 15.7. The van der Waals surface area contributed by atoms with Gasteiger partial charge in [0.05, 0.1) is 28.7 Å². The van der Waals surface area contributed by atoms with Crippen molar-refractivity contribution < 1.29 is 4.84 Å². The fourth-order valence-electron chi connectivity index (χ4n) is 5.47. The highest BCUT2D eigenvalue weighted by Crippen LogP contribution is 2.50. The molecule has 3 aromatic heterocycles. The lowest BCUT2D eigenvalue weighted by atomic mass is 9.70. The third-order valence-electron chi connectivity index (χ3n) is 7.17. The van der Waals surface area contributed by atoms with Crippen molar-refractivity contribution in [1.29, 1.82) is 0 Å². The maximum atomic E-state index is 6.11. The Bertz CT molecular complexity index is 1150. The number of aromatic nitrogens is 7. The number of pyridine rings is 1. The molecule has 10 heteroatoms. The average molecular weight is 436 g/mol. The Morgan fingerprint density at radius 2 is 2.09 bits per heavy atom. The van der Waals surface area contributed by atoms with E-state index in [4.69, 9.17) is 9.82 Å². The molecule has 2 aliphatic carbocycles. The van der Waals surface area contributed by atoms with E-state index >= 15 is 0 Å². The molecular weight excluding hydrogens is 406 g/mol. The van der Waals surface area contributed by atoms with Crippen molar-refractivity contribution in [2.75, 3.05) is 5.32 Å². The summed E-state index contributed by atoms with van der Waals surface area (Å²) in [5.74, 6) is 1.02. The second kappa shape index (κ2) is 7.54. The first-order valence-electron chi connectivity index (χ1n) is 11.7. The van der Waals surface area contributed by atoms with Crippen molar-refractivity contribution in [2.24, 2.45) is 0 Å². The van der Waals surface area contributed by atoms with Crippen LogP contribution in [0.4, 0.5) is 5.69 Å². The summed E-state index contributed by atoms with van der Waals surface area (Å²) in [4.78, 5) is 11.0. The predicted octanol–water partition coefficient (Wildman–Crippen LogP) is 3.21. The largest absolute Gasteiger partial charge is 0.381 e. The Balaban J connectivity index is 1.37. The fourth-order valence-corrected chi connectivity index (χ4v) is 5.47. The molecule has 168 valence electrons. The molecule has 3 aromatic rings. The Kier molecular flexibility index (Phi) is 4.63. The fraction of sp³-hybridized carbons (Fsp3) is 0.591. The van der Waals surface area contributed by atoms with Gasteiger partial charge in [-0.1, -0.05) is 24.5 Å². The van der Waals surface area contributed by atoms with Crippen molar-refractivity contribution in [1.82, 2.24) is 40.9 Å². The third kappa shape index (κ3) is 3.16. The van der Waals surface area contributed by atoms with Crippen LogP contribution in [0.3, 0.4) is 0 Å². The smallest absolute Gasteiger partial charge is 0.177 e. The Labute approximate surface area is 186 Å². The lowest BCUT2D eigenvalue weighted by Gasteiger charge is -2.40. The number of rotatable bonds is 5. The lowest BCUT2D eigenvalue weighted by Crippen LogP contribution is -2.43. The van der Waals surface area contributed by atoms with Crippen LogP contribution in [-0.2, 0) is 11.4 Å². The molecule has 0 saturated heterocycles. The highest BCUT2D eigenvalue weighted by Gasteiger charge is 2.50. The number of hydrogen-bond acceptors (Lipinski definition) is 8. The second-order valence-electron chi connectivity index (χ2n) is 9.33. The van der Waals surface area contributed by atoms with Gasteiger partial charge in [0.1, 0.15) is 5.60 Å². The van der Waals surface area contributed by atoms with Crippen LogP contribution in [0, 0.1) is 6.92 Å². The lowest BCUT2D eigenvalue weighted by molar-refractivity contribution is -0.0941. The summed E-state index contributed by atoms with van der Waals surface area (Å²) in [5.41, 5.74) is 7.97. The summed E-state index contributed by atoms with van der Waals surface area (Å²) in [6.45, 7) is 4.97. The topological polar surface area (TPSA) is 118 Å². The number of tetrazole rings is 1. The van der Waals surface area contributed by atoms with Gasteiger partial charge >= 0.3 is 0 Å². The predicted molar refractivity (Wildman–Crippen MR) is 120 cm³/mol. The van der Waals surface area contributed by atoms with E-state index in [1.54, 1.807) is 0 Å². The highest BCUT2D eigenvalue weighted by molar-refractivity contribution is 5.97. The van der Waals surface area contributed by atoms with E-state index in [0.29, 0.717) is 6.04 Å². The first-order valence-corrected chi connectivity index (χ1v) is 11.7. The number of aryl methyl sites for hydroxylation is 2. The van der Waals surface area contributed by atoms with Crippen LogP contribution in [-0.4, -0.2) is 47.0 Å². The van der Waals surface area contributed by atoms with E-state index < -0.39 is 0 Å². The summed E-state index contributed by atoms with van der Waals surface area (Å²) in [6, 6.07) is 0.473. The van der Waals surface area contributed by atoms with Crippen molar-refractivity contribution >= 4 is 22.4 Å². The number of hydrogen-bond donors (Lipinski definition) is 3. The molecule has 0 radical (unpaired) electrons. The summed E-state index contributed by atoms with van der Waals surface area (Å²) < 4.78 is 1.97. The summed E-state index contributed by atoms with van der Waals surface area (Å²) in [6.07, 6.45) is 12.1. The van der Waals surface area contributed by atoms with Crippen LogP contribution in [0.5, 0.6) is 0 Å². The number of hydroxylamine groups is 1. The van der Waals surface area contributed by atoms with Gasteiger partial charge in [-0.2, -0.15) is 10.3 Å². The van der Waals surface area contributed by atoms with Gasteiger partial charge in [-0.25, -0.2) is 9.67 Å². The molecule has 0 atom stereocenters. The standard InChI is InChI=1S/C22H29N9O/c1-3-31-21-16(12-23-31)19(25-15-7-5-4-6-8-15)18(13(2)24-21)17-11-22(32-28-17)9-14(10-22)20-26-29-30-27-20/h11-12,14-15,28H,3-10H2,1-2H3,(H,24,25)(H,26,27,29,30). The van der Waals surface area contributed by atoms with Crippen molar-refractivity contribution in [2.45, 2.75) is 82.9 Å². The van der Waals surface area contributed by atoms with E-state index in [-0.39, 0.29) is 11.5 Å². The molecule has 0 amide bonds. The molecular formula is C22H29N9O. The minimum atomic E-state index is -0.336. The van der Waals surface area contributed by atoms with Crippen LogP contribution in [0.2, 0.25) is 0 Å². The Morgan fingerprint density at radius 1 is 1.25 bits per heavy atom. The normalized spacial score (nSPS) is 25.7. The first kappa shape index (κ1) is 19.7. The van der Waals surface area contributed by atoms with Gasteiger partial charge in [0.25, 0.3) is 0 Å². The van der Waals surface area contributed by atoms with Crippen LogP contribution in [0.25, 0.3) is 16.7 Å². The minimum Gasteiger partial charge on any atom is -0.381 e. The summed E-state index contributed by atoms with van der Waals surface area (Å²) in [7, 11) is 0. The third-order valence-corrected chi connectivity index (χ3v) is 7.17. The van der Waals surface area contributed by atoms with Crippen molar-refractivity contribution in [3.8, 4) is 0 Å². The van der Waals surface area contributed by atoms with Gasteiger partial charge in [-0.3, -0.25) is 10.3 Å². The zero-order chi connectivity index (χ0) is 21.7. The van der Waals surface area contributed by atoms with E-state index in [0.717, 1.165) is 58.9 Å². The number of fused-ring (bicyclic) bond motifs is 1. The number of nitrogens with one attached hydrogen (secondary N) is 3. The molecule has 0 unspecified atom stereocenters. The second-order valence-corrected chi connectivity index (χ2v) is 9.33. The molecule has 2 saturated carbocycles. The summed E-state index contributed by atoms with van der Waals surface area (Å²) >= 11 is 0. The quantitative estimate of drug-likeness (QED) is 0.559. The van der Waals surface area contributed by atoms with E-state index in [1.165, 1.54) is 32.1 Å². The van der Waals surface area contributed by atoms with E-state index in [1.807, 2.05) is 10.9 Å². The molecule has 10 nitrogen and oxygen atoms in total. The van der Waals surface area contributed by atoms with Gasteiger partial charge < -0.3 is 5.32 Å². The molecule has 3 aliphatic rings. The van der Waals surface area contributed by atoms with Crippen LogP contribution in [0.1, 0.15) is 74.9 Å². The average Bonchev–Trinajstić information content (AvgIpc) is 3.53. The van der Waals surface area contributed by atoms with Crippen molar-refractivity contribution in [3.05, 3.63) is 29.4 Å². The zero-order valence-corrected chi connectivity index (χ0v) is 18.6. The molecule has 3 N–H and O–H groups in total. The molecule has 1 aliphatic heterocycles. The molecule has 6 rings (SSSR count). The van der Waals surface area contributed by atoms with Crippen molar-refractivity contribution in [3.63, 3.8) is 0 Å². The Morgan fingerprint density at radius 3 is 2.84 bits per heavy atom. The molecule has 4 heterocycles. The maximum Gasteiger partial charge on any atom is 0.177 e. The van der Waals surface area contributed by atoms with Gasteiger partial charge in [0.15, 0.2) is 11.5 Å². The highest BCUT2D eigenvalue weighted by atomic mass is 16.7. The summed E-state index contributed by atoms with van der Waals surface area (Å²) in [5, 5.41) is 24.0. The zero-order valence-electron chi connectivity index (χ0n) is 18.6. The van der Waals surface area contributed by atoms with E-state index in [9.17, 15) is 0 Å².